The normalized spacial score (nSPS) is 11.5. The Morgan fingerprint density at radius 2 is 1.50 bits per heavy atom. The van der Waals surface area contributed by atoms with Crippen molar-refractivity contribution in [3.63, 3.8) is 0 Å². The number of esters is 2. The zero-order chi connectivity index (χ0) is 17.7. The Morgan fingerprint density at radius 3 is 2.08 bits per heavy atom. The molecule has 0 saturated carbocycles. The molecule has 0 radical (unpaired) electrons. The highest BCUT2D eigenvalue weighted by Crippen LogP contribution is 2.34. The van der Waals surface area contributed by atoms with E-state index in [0.717, 1.165) is 6.92 Å². The first kappa shape index (κ1) is 17.4. The summed E-state index contributed by atoms with van der Waals surface area (Å²) in [5.41, 5.74) is 0.342. The maximum atomic E-state index is 12.6. The average Bonchev–Trinajstić information content (AvgIpc) is 2.55. The number of Topliss-reactive ketones (excluding diaryl/α,β-unsaturated/α-hetero) is 1. The van der Waals surface area contributed by atoms with Crippen LogP contribution in [0.1, 0.15) is 35.9 Å². The molecule has 6 nitrogen and oxygen atoms in total. The maximum Gasteiger partial charge on any atom is 0.308 e. The van der Waals surface area contributed by atoms with Gasteiger partial charge in [-0.25, -0.2) is 0 Å². The van der Waals surface area contributed by atoms with Crippen LogP contribution in [0, 0.1) is 0 Å². The fraction of sp³-hybridized carbons (Fsp3) is 0.167. The molecule has 0 saturated heterocycles. The fourth-order valence-electron chi connectivity index (χ4n) is 2.13. The van der Waals surface area contributed by atoms with Gasteiger partial charge in [0.25, 0.3) is 0 Å². The van der Waals surface area contributed by atoms with Crippen LogP contribution >= 0.6 is 0 Å². The first-order valence-electron chi connectivity index (χ1n) is 7.17. The second-order valence-corrected chi connectivity index (χ2v) is 5.00. The van der Waals surface area contributed by atoms with Gasteiger partial charge in [-0.15, -0.1) is 0 Å². The molecule has 0 bridgehead atoms. The van der Waals surface area contributed by atoms with Crippen molar-refractivity contribution in [2.24, 2.45) is 0 Å². The van der Waals surface area contributed by atoms with E-state index >= 15 is 0 Å². The Kier molecular flexibility index (Phi) is 5.44. The maximum absolute atomic E-state index is 12.6. The average molecular weight is 328 g/mol. The molecule has 6 heteroatoms. The van der Waals surface area contributed by atoms with Crippen LogP contribution in [0.25, 0.3) is 0 Å². The Labute approximate surface area is 138 Å². The molecule has 0 aliphatic heterocycles. The van der Waals surface area contributed by atoms with Crippen molar-refractivity contribution in [2.45, 2.75) is 20.0 Å². The predicted molar refractivity (Wildman–Crippen MR) is 84.8 cm³/mol. The largest absolute Gasteiger partial charge is 0.423 e. The number of carbonyl (C=O) groups excluding carboxylic acids is 3. The zero-order valence-corrected chi connectivity index (χ0v) is 13.2. The summed E-state index contributed by atoms with van der Waals surface area (Å²) in [6.07, 6.45) is -1.44. The van der Waals surface area contributed by atoms with E-state index in [1.807, 2.05) is 0 Å². The van der Waals surface area contributed by atoms with Crippen molar-refractivity contribution >= 4 is 17.7 Å². The summed E-state index contributed by atoms with van der Waals surface area (Å²) in [6.45, 7) is 2.34. The van der Waals surface area contributed by atoms with Crippen LogP contribution in [0.15, 0.2) is 48.5 Å². The van der Waals surface area contributed by atoms with Crippen molar-refractivity contribution in [3.8, 4) is 11.5 Å². The molecule has 0 amide bonds. The lowest BCUT2D eigenvalue weighted by Crippen LogP contribution is -2.16. The summed E-state index contributed by atoms with van der Waals surface area (Å²) in [5, 5.41) is 10.3. The summed E-state index contributed by atoms with van der Waals surface area (Å²) < 4.78 is 10.0. The molecule has 1 N–H and O–H groups in total. The molecule has 0 fully saturated rings. The van der Waals surface area contributed by atoms with Crippen LogP contribution in [0.3, 0.4) is 0 Å². The second-order valence-electron chi connectivity index (χ2n) is 5.00. The van der Waals surface area contributed by atoms with Crippen LogP contribution in [-0.4, -0.2) is 22.8 Å². The van der Waals surface area contributed by atoms with Gasteiger partial charge in [0.2, 0.25) is 0 Å². The number of ketones is 1. The Balaban J connectivity index is 2.46. The molecular formula is C18H16O6. The fourth-order valence-corrected chi connectivity index (χ4v) is 2.13. The van der Waals surface area contributed by atoms with Gasteiger partial charge in [-0.1, -0.05) is 36.4 Å². The number of ether oxygens (including phenoxy) is 2. The van der Waals surface area contributed by atoms with Crippen LogP contribution in [0.2, 0.25) is 0 Å². The van der Waals surface area contributed by atoms with Gasteiger partial charge in [0.05, 0.1) is 5.56 Å². The number of rotatable bonds is 5. The molecule has 0 aromatic heterocycles. The van der Waals surface area contributed by atoms with Crippen molar-refractivity contribution < 1.29 is 29.0 Å². The topological polar surface area (TPSA) is 89.9 Å². The van der Waals surface area contributed by atoms with Crippen LogP contribution in [0.5, 0.6) is 11.5 Å². The number of benzene rings is 2. The van der Waals surface area contributed by atoms with Crippen LogP contribution in [-0.2, 0) is 9.59 Å². The SMILES string of the molecule is CC(=O)Oc1cccc(C(=O)C(O)c2ccccc2)c1OC(C)=O. The molecule has 0 aliphatic rings. The highest BCUT2D eigenvalue weighted by Gasteiger charge is 2.26. The summed E-state index contributed by atoms with van der Waals surface area (Å²) in [6, 6.07) is 12.6. The quantitative estimate of drug-likeness (QED) is 0.515. The third kappa shape index (κ3) is 4.05. The van der Waals surface area contributed by atoms with Crippen molar-refractivity contribution in [1.82, 2.24) is 0 Å². The first-order valence-corrected chi connectivity index (χ1v) is 7.17. The number of para-hydroxylation sites is 1. The zero-order valence-electron chi connectivity index (χ0n) is 13.2. The van der Waals surface area contributed by atoms with Crippen molar-refractivity contribution in [1.29, 1.82) is 0 Å². The minimum Gasteiger partial charge on any atom is -0.423 e. The molecule has 24 heavy (non-hydrogen) atoms. The molecule has 2 rings (SSSR count). The van der Waals surface area contributed by atoms with Gasteiger partial charge in [-0.3, -0.25) is 14.4 Å². The van der Waals surface area contributed by atoms with Crippen molar-refractivity contribution in [2.75, 3.05) is 0 Å². The third-order valence-electron chi connectivity index (χ3n) is 3.11. The van der Waals surface area contributed by atoms with E-state index in [-0.39, 0.29) is 17.1 Å². The van der Waals surface area contributed by atoms with E-state index in [2.05, 4.69) is 0 Å². The lowest BCUT2D eigenvalue weighted by molar-refractivity contribution is -0.134. The van der Waals surface area contributed by atoms with E-state index in [1.54, 1.807) is 30.3 Å². The standard InChI is InChI=1S/C18H16O6/c1-11(19)23-15-10-6-9-14(18(15)24-12(2)20)17(22)16(21)13-7-4-3-5-8-13/h3-10,16,21H,1-2H3. The van der Waals surface area contributed by atoms with E-state index in [9.17, 15) is 19.5 Å². The lowest BCUT2D eigenvalue weighted by atomic mass is 9.99. The molecular weight excluding hydrogens is 312 g/mol. The first-order chi connectivity index (χ1) is 11.4. The highest BCUT2D eigenvalue weighted by molar-refractivity contribution is 6.03. The minimum absolute atomic E-state index is 0.0553. The molecule has 2 aromatic rings. The number of aliphatic hydroxyl groups excluding tert-OH is 1. The van der Waals surface area contributed by atoms with Gasteiger partial charge >= 0.3 is 11.9 Å². The summed E-state index contributed by atoms with van der Waals surface area (Å²) in [5.74, 6) is -2.25. The molecule has 0 spiro atoms. The third-order valence-corrected chi connectivity index (χ3v) is 3.11. The Bertz CT molecular complexity index is 766. The Hall–Kier alpha value is -2.99. The van der Waals surface area contributed by atoms with Gasteiger partial charge < -0.3 is 14.6 Å². The van der Waals surface area contributed by atoms with Crippen LogP contribution in [0.4, 0.5) is 0 Å². The number of carbonyl (C=O) groups is 3. The van der Waals surface area contributed by atoms with E-state index < -0.39 is 23.8 Å². The second kappa shape index (κ2) is 7.52. The van der Waals surface area contributed by atoms with E-state index in [1.165, 1.54) is 25.1 Å². The summed E-state index contributed by atoms with van der Waals surface area (Å²) in [7, 11) is 0. The van der Waals surface area contributed by atoms with Gasteiger partial charge in [0.15, 0.2) is 17.3 Å². The van der Waals surface area contributed by atoms with Crippen molar-refractivity contribution in [3.05, 3.63) is 59.7 Å². The molecule has 124 valence electrons. The highest BCUT2D eigenvalue weighted by atomic mass is 16.6. The van der Waals surface area contributed by atoms with E-state index in [4.69, 9.17) is 9.47 Å². The predicted octanol–water partition coefficient (Wildman–Crippen LogP) is 2.45. The number of hydrogen-bond acceptors (Lipinski definition) is 6. The van der Waals surface area contributed by atoms with Crippen LogP contribution < -0.4 is 9.47 Å². The van der Waals surface area contributed by atoms with Gasteiger partial charge in [-0.2, -0.15) is 0 Å². The summed E-state index contributed by atoms with van der Waals surface area (Å²) >= 11 is 0. The number of hydrogen-bond donors (Lipinski definition) is 1. The van der Waals surface area contributed by atoms with Gasteiger partial charge in [0.1, 0.15) is 6.10 Å². The molecule has 2 aromatic carbocycles. The van der Waals surface area contributed by atoms with E-state index in [0.29, 0.717) is 5.56 Å². The molecule has 0 heterocycles. The molecule has 0 aliphatic carbocycles. The molecule has 1 unspecified atom stereocenters. The molecule has 1 atom stereocenters. The Morgan fingerprint density at radius 1 is 0.875 bits per heavy atom. The smallest absolute Gasteiger partial charge is 0.308 e. The minimum atomic E-state index is -1.44. The van der Waals surface area contributed by atoms with Gasteiger partial charge in [-0.05, 0) is 17.7 Å². The monoisotopic (exact) mass is 328 g/mol. The summed E-state index contributed by atoms with van der Waals surface area (Å²) in [4.78, 5) is 35.1. The lowest BCUT2D eigenvalue weighted by Gasteiger charge is -2.15. The number of aliphatic hydroxyl groups is 1. The van der Waals surface area contributed by atoms with Gasteiger partial charge in [0, 0.05) is 13.8 Å².